The molecule has 8 rings (SSSR count). The van der Waals surface area contributed by atoms with Gasteiger partial charge < -0.3 is 23.7 Å². The van der Waals surface area contributed by atoms with Crippen LogP contribution in [0.3, 0.4) is 0 Å². The van der Waals surface area contributed by atoms with Crippen molar-refractivity contribution < 1.29 is 33.3 Å². The van der Waals surface area contributed by atoms with E-state index in [0.717, 1.165) is 22.3 Å². The molecular formula is C52H42N4O7. The summed E-state index contributed by atoms with van der Waals surface area (Å²) in [6.07, 6.45) is 7.23. The van der Waals surface area contributed by atoms with E-state index in [2.05, 4.69) is 12.1 Å². The molecule has 0 saturated heterocycles. The fourth-order valence-electron chi connectivity index (χ4n) is 8.27. The topological polar surface area (TPSA) is 134 Å². The van der Waals surface area contributed by atoms with Gasteiger partial charge in [-0.05, 0) is 107 Å². The van der Waals surface area contributed by atoms with Gasteiger partial charge in [0.2, 0.25) is 0 Å². The minimum Gasteiger partial charge on any atom is -0.493 e. The summed E-state index contributed by atoms with van der Waals surface area (Å²) < 4.78 is 28.7. The monoisotopic (exact) mass is 834 g/mol. The third-order valence-corrected chi connectivity index (χ3v) is 11.5. The van der Waals surface area contributed by atoms with Gasteiger partial charge in [0.05, 0.1) is 40.6 Å². The summed E-state index contributed by atoms with van der Waals surface area (Å²) in [7, 11) is 6.17. The number of carbonyl (C=O) groups excluding carboxylic acids is 2. The zero-order valence-corrected chi connectivity index (χ0v) is 35.1. The zero-order valence-electron chi connectivity index (χ0n) is 35.1. The number of methoxy groups -OCH3 is 4. The Labute approximate surface area is 365 Å². The Kier molecular flexibility index (Phi) is 11.4. The third kappa shape index (κ3) is 7.58. The zero-order chi connectivity index (χ0) is 44.1. The van der Waals surface area contributed by atoms with E-state index >= 15 is 0 Å². The number of fused-ring (bicyclic) bond motifs is 2. The molecule has 0 spiro atoms. The summed E-state index contributed by atoms with van der Waals surface area (Å²) in [5.74, 6) is 2.34. The number of rotatable bonds is 12. The van der Waals surface area contributed by atoms with E-state index in [1.165, 1.54) is 24.0 Å². The molecule has 2 amide bonds. The summed E-state index contributed by atoms with van der Waals surface area (Å²) in [6.45, 7) is 0. The van der Waals surface area contributed by atoms with Gasteiger partial charge in [0, 0.05) is 47.5 Å². The van der Waals surface area contributed by atoms with Crippen molar-refractivity contribution in [1.82, 2.24) is 9.80 Å². The van der Waals surface area contributed by atoms with Crippen LogP contribution in [0.5, 0.6) is 34.5 Å². The molecule has 0 saturated carbocycles. The second-order valence-corrected chi connectivity index (χ2v) is 15.0. The largest absolute Gasteiger partial charge is 0.493 e. The van der Waals surface area contributed by atoms with Crippen molar-refractivity contribution in [2.24, 2.45) is 0 Å². The summed E-state index contributed by atoms with van der Waals surface area (Å²) in [6, 6.07) is 44.7. The molecule has 11 heteroatoms. The van der Waals surface area contributed by atoms with Crippen molar-refractivity contribution in [1.29, 1.82) is 10.5 Å². The first-order valence-electron chi connectivity index (χ1n) is 20.1. The fourth-order valence-corrected chi connectivity index (χ4v) is 8.27. The first kappa shape index (κ1) is 41.5. The van der Waals surface area contributed by atoms with Crippen molar-refractivity contribution in [3.05, 3.63) is 190 Å². The van der Waals surface area contributed by atoms with Crippen LogP contribution in [0.1, 0.15) is 54.1 Å². The summed E-state index contributed by atoms with van der Waals surface area (Å²) in [4.78, 5) is 31.2. The van der Waals surface area contributed by atoms with E-state index < -0.39 is 11.1 Å². The number of benzene rings is 6. The molecule has 2 aliphatic heterocycles. The minimum atomic E-state index is -1.44. The molecule has 0 bridgehead atoms. The first-order chi connectivity index (χ1) is 30.7. The second-order valence-electron chi connectivity index (χ2n) is 15.0. The Balaban J connectivity index is 1.07. The number of nitriles is 2. The van der Waals surface area contributed by atoms with Crippen molar-refractivity contribution in [2.45, 2.75) is 23.9 Å². The molecule has 63 heavy (non-hydrogen) atoms. The number of nitrogens with zero attached hydrogens (tertiary/aromatic N) is 4. The van der Waals surface area contributed by atoms with Crippen molar-refractivity contribution in [2.75, 3.05) is 28.4 Å². The number of carbonyl (C=O) groups is 2. The molecule has 6 aromatic carbocycles. The highest BCUT2D eigenvalue weighted by molar-refractivity contribution is 5.98. The average Bonchev–Trinajstić information content (AvgIpc) is 3.34. The predicted octanol–water partition coefficient (Wildman–Crippen LogP) is 9.69. The first-order valence-corrected chi connectivity index (χ1v) is 20.1. The van der Waals surface area contributed by atoms with Crippen LogP contribution in [-0.4, -0.2) is 50.1 Å². The van der Waals surface area contributed by atoms with E-state index in [4.69, 9.17) is 23.7 Å². The quantitative estimate of drug-likeness (QED) is 0.118. The third-order valence-electron chi connectivity index (χ3n) is 11.5. The molecule has 312 valence electrons. The van der Waals surface area contributed by atoms with E-state index in [0.29, 0.717) is 56.8 Å². The SMILES string of the molecule is COc1cc2c(cc1OC)C(C#N)(Cc1ccc(Oc3ccc(CC4(C#N)c5cc(OC)c(OC)cc5C=CN4C(=O)c4ccccc4)cc3)cc1)N(C(=O)c1ccccc1)C=C2. The molecule has 2 atom stereocenters. The molecule has 0 radical (unpaired) electrons. The molecule has 0 aliphatic carbocycles. The van der Waals surface area contributed by atoms with Crippen LogP contribution in [0.15, 0.2) is 146 Å². The molecule has 6 aromatic rings. The summed E-state index contributed by atoms with van der Waals surface area (Å²) in [5, 5.41) is 22.1. The van der Waals surface area contributed by atoms with Gasteiger partial charge in [-0.2, -0.15) is 10.5 Å². The molecule has 2 heterocycles. The van der Waals surface area contributed by atoms with Crippen LogP contribution in [0.25, 0.3) is 12.2 Å². The van der Waals surface area contributed by atoms with Crippen LogP contribution >= 0.6 is 0 Å². The maximum atomic E-state index is 14.1. The lowest BCUT2D eigenvalue weighted by atomic mass is 9.78. The molecule has 2 aliphatic rings. The maximum absolute atomic E-state index is 14.1. The Hall–Kier alpha value is -8.28. The van der Waals surface area contributed by atoms with Gasteiger partial charge in [-0.1, -0.05) is 60.7 Å². The van der Waals surface area contributed by atoms with Gasteiger partial charge in [0.25, 0.3) is 11.8 Å². The lowest BCUT2D eigenvalue weighted by Gasteiger charge is -2.41. The molecule has 2 unspecified atom stereocenters. The maximum Gasteiger partial charge on any atom is 0.259 e. The minimum absolute atomic E-state index is 0.158. The number of hydrogen-bond acceptors (Lipinski definition) is 9. The Bertz CT molecular complexity index is 2640. The molecule has 0 aromatic heterocycles. The van der Waals surface area contributed by atoms with Gasteiger partial charge in [0.1, 0.15) is 11.5 Å². The van der Waals surface area contributed by atoms with Gasteiger partial charge in [-0.25, -0.2) is 0 Å². The molecule has 0 fully saturated rings. The number of ether oxygens (including phenoxy) is 5. The highest BCUT2D eigenvalue weighted by Crippen LogP contribution is 2.46. The number of amides is 2. The highest BCUT2D eigenvalue weighted by Gasteiger charge is 2.47. The van der Waals surface area contributed by atoms with Gasteiger partial charge >= 0.3 is 0 Å². The normalized spacial score (nSPS) is 17.0. The highest BCUT2D eigenvalue weighted by atomic mass is 16.5. The van der Waals surface area contributed by atoms with Crippen LogP contribution < -0.4 is 23.7 Å². The standard InChI is InChI=1S/C52H42N4O7/c1-59-45-27-39-23-25-55(49(57)37-11-7-5-8-12-37)51(33-53,43(39)29-47(45)61-3)31-35-15-19-41(20-16-35)63-42-21-17-36(18-22-42)32-52(34-54)44-30-48(62-4)46(60-2)28-40(44)24-26-56(52)50(58)38-13-9-6-10-14-38/h5-30H,31-32H2,1-4H3. The Morgan fingerprint density at radius 1 is 0.508 bits per heavy atom. The van der Waals surface area contributed by atoms with E-state index in [-0.39, 0.29) is 24.7 Å². The second kappa shape index (κ2) is 17.4. The van der Waals surface area contributed by atoms with Crippen LogP contribution in [0.2, 0.25) is 0 Å². The van der Waals surface area contributed by atoms with Crippen molar-refractivity contribution in [3.63, 3.8) is 0 Å². The van der Waals surface area contributed by atoms with Gasteiger partial charge in [-0.3, -0.25) is 19.4 Å². The lowest BCUT2D eigenvalue weighted by Crippen LogP contribution is -2.49. The molecular weight excluding hydrogens is 793 g/mol. The van der Waals surface area contributed by atoms with Crippen molar-refractivity contribution in [3.8, 4) is 46.6 Å². The van der Waals surface area contributed by atoms with Gasteiger partial charge in [-0.15, -0.1) is 0 Å². The summed E-state index contributed by atoms with van der Waals surface area (Å²) >= 11 is 0. The molecule has 11 nitrogen and oxygen atoms in total. The van der Waals surface area contributed by atoms with Crippen molar-refractivity contribution >= 4 is 24.0 Å². The Morgan fingerprint density at radius 3 is 1.19 bits per heavy atom. The number of hydrogen-bond donors (Lipinski definition) is 0. The average molecular weight is 835 g/mol. The molecule has 0 N–H and O–H groups in total. The van der Waals surface area contributed by atoms with E-state index in [1.54, 1.807) is 99.4 Å². The summed E-state index contributed by atoms with van der Waals surface area (Å²) in [5.41, 5.74) is 2.25. The van der Waals surface area contributed by atoms with E-state index in [9.17, 15) is 20.1 Å². The smallest absolute Gasteiger partial charge is 0.259 e. The predicted molar refractivity (Wildman–Crippen MR) is 237 cm³/mol. The Morgan fingerprint density at radius 2 is 0.857 bits per heavy atom. The van der Waals surface area contributed by atoms with Crippen LogP contribution in [0.4, 0.5) is 0 Å². The lowest BCUT2D eigenvalue weighted by molar-refractivity contribution is 0.0688. The van der Waals surface area contributed by atoms with Crippen LogP contribution in [0, 0.1) is 22.7 Å². The fraction of sp³-hybridized carbons (Fsp3) is 0.154. The van der Waals surface area contributed by atoms with Crippen LogP contribution in [-0.2, 0) is 23.9 Å². The van der Waals surface area contributed by atoms with Gasteiger partial charge in [0.15, 0.2) is 34.1 Å². The van der Waals surface area contributed by atoms with E-state index in [1.807, 2.05) is 72.8 Å².